The predicted octanol–water partition coefficient (Wildman–Crippen LogP) is 1.32. The Morgan fingerprint density at radius 2 is 1.62 bits per heavy atom. The standard InChI is InChI=1S/C15H24N2O4S2.ClH/c1-15(7-9-16-10-8-15)12-17-23(20,21)14-5-3-13(4-6-14)11-22(2,18)19;/h3-6,16-17H,7-12H2,1-2H3;1H. The molecule has 1 fully saturated rings. The molecular weight excluding hydrogens is 372 g/mol. The largest absolute Gasteiger partial charge is 0.317 e. The van der Waals surface area contributed by atoms with E-state index in [-0.39, 0.29) is 28.5 Å². The number of sulfone groups is 1. The Morgan fingerprint density at radius 1 is 1.08 bits per heavy atom. The van der Waals surface area contributed by atoms with Gasteiger partial charge in [-0.05, 0) is 49.0 Å². The van der Waals surface area contributed by atoms with Gasteiger partial charge in [0.05, 0.1) is 10.6 Å². The highest BCUT2D eigenvalue weighted by Gasteiger charge is 2.28. The van der Waals surface area contributed by atoms with E-state index in [1.807, 2.05) is 0 Å². The average molecular weight is 397 g/mol. The lowest BCUT2D eigenvalue weighted by atomic mass is 9.81. The van der Waals surface area contributed by atoms with Crippen LogP contribution in [0.2, 0.25) is 0 Å². The van der Waals surface area contributed by atoms with E-state index < -0.39 is 19.9 Å². The molecule has 138 valence electrons. The molecule has 1 heterocycles. The molecule has 0 spiro atoms. The monoisotopic (exact) mass is 396 g/mol. The van der Waals surface area contributed by atoms with Crippen LogP contribution in [0.25, 0.3) is 0 Å². The predicted molar refractivity (Wildman–Crippen MR) is 97.6 cm³/mol. The molecule has 6 nitrogen and oxygen atoms in total. The minimum Gasteiger partial charge on any atom is -0.317 e. The molecule has 0 bridgehead atoms. The second-order valence-electron chi connectivity index (χ2n) is 6.60. The van der Waals surface area contributed by atoms with Gasteiger partial charge < -0.3 is 5.32 Å². The Morgan fingerprint density at radius 3 is 2.12 bits per heavy atom. The minimum atomic E-state index is -3.58. The fourth-order valence-corrected chi connectivity index (χ4v) is 4.62. The molecule has 1 saturated heterocycles. The molecule has 9 heteroatoms. The molecule has 1 aromatic rings. The van der Waals surface area contributed by atoms with Gasteiger partial charge in [-0.1, -0.05) is 19.1 Å². The van der Waals surface area contributed by atoms with Crippen LogP contribution in [-0.2, 0) is 25.6 Å². The number of hydrogen-bond donors (Lipinski definition) is 2. The van der Waals surface area contributed by atoms with Crippen LogP contribution < -0.4 is 10.0 Å². The van der Waals surface area contributed by atoms with Gasteiger partial charge in [0.25, 0.3) is 0 Å². The quantitative estimate of drug-likeness (QED) is 0.756. The summed E-state index contributed by atoms with van der Waals surface area (Å²) in [5.41, 5.74) is 0.547. The normalized spacial score (nSPS) is 17.9. The number of piperidine rings is 1. The van der Waals surface area contributed by atoms with Crippen LogP contribution in [0, 0.1) is 5.41 Å². The Bertz CT molecular complexity index is 740. The van der Waals surface area contributed by atoms with Gasteiger partial charge in [-0.2, -0.15) is 0 Å². The zero-order valence-electron chi connectivity index (χ0n) is 13.9. The van der Waals surface area contributed by atoms with Gasteiger partial charge in [-0.25, -0.2) is 21.6 Å². The number of nitrogens with one attached hydrogen (secondary N) is 2. The molecule has 0 atom stereocenters. The highest BCUT2D eigenvalue weighted by atomic mass is 35.5. The fourth-order valence-electron chi connectivity index (χ4n) is 2.63. The maximum Gasteiger partial charge on any atom is 0.240 e. The van der Waals surface area contributed by atoms with Crippen LogP contribution in [0.15, 0.2) is 29.2 Å². The molecular formula is C15H25ClN2O4S2. The molecule has 0 saturated carbocycles. The lowest BCUT2D eigenvalue weighted by Gasteiger charge is -2.34. The van der Waals surface area contributed by atoms with Gasteiger partial charge in [0.2, 0.25) is 10.0 Å². The Labute approximate surface area is 150 Å². The molecule has 24 heavy (non-hydrogen) atoms. The van der Waals surface area contributed by atoms with E-state index in [1.54, 1.807) is 12.1 Å². The SMILES string of the molecule is CC1(CNS(=O)(=O)c2ccc(CS(C)(=O)=O)cc2)CCNCC1.Cl. The first-order chi connectivity index (χ1) is 10.6. The summed E-state index contributed by atoms with van der Waals surface area (Å²) in [6.07, 6.45) is 3.02. The van der Waals surface area contributed by atoms with Crippen molar-refractivity contribution < 1.29 is 16.8 Å². The Balaban J connectivity index is 0.00000288. The molecule has 0 aliphatic carbocycles. The van der Waals surface area contributed by atoms with Gasteiger partial charge in [-0.3, -0.25) is 0 Å². The second-order valence-corrected chi connectivity index (χ2v) is 10.5. The first-order valence-electron chi connectivity index (χ1n) is 7.57. The zero-order chi connectivity index (χ0) is 17.1. The van der Waals surface area contributed by atoms with Crippen LogP contribution >= 0.6 is 12.4 Å². The Kier molecular flexibility index (Phi) is 7.25. The maximum atomic E-state index is 12.4. The number of sulfonamides is 1. The summed E-state index contributed by atoms with van der Waals surface area (Å²) in [4.78, 5) is 0.160. The van der Waals surface area contributed by atoms with E-state index >= 15 is 0 Å². The van der Waals surface area contributed by atoms with Gasteiger partial charge in [0, 0.05) is 12.8 Å². The third-order valence-corrected chi connectivity index (χ3v) is 6.44. The highest BCUT2D eigenvalue weighted by molar-refractivity contribution is 7.90. The van der Waals surface area contributed by atoms with E-state index in [0.29, 0.717) is 12.1 Å². The van der Waals surface area contributed by atoms with E-state index in [2.05, 4.69) is 17.0 Å². The topological polar surface area (TPSA) is 92.3 Å². The molecule has 2 rings (SSSR count). The van der Waals surface area contributed by atoms with Crippen molar-refractivity contribution in [2.45, 2.75) is 30.4 Å². The van der Waals surface area contributed by atoms with Crippen LogP contribution in [0.1, 0.15) is 25.3 Å². The van der Waals surface area contributed by atoms with Crippen LogP contribution in [0.5, 0.6) is 0 Å². The summed E-state index contributed by atoms with van der Waals surface area (Å²) < 4.78 is 49.9. The van der Waals surface area contributed by atoms with Crippen molar-refractivity contribution in [2.75, 3.05) is 25.9 Å². The summed E-state index contributed by atoms with van der Waals surface area (Å²) in [6.45, 7) is 4.30. The molecule has 0 radical (unpaired) electrons. The zero-order valence-corrected chi connectivity index (χ0v) is 16.4. The van der Waals surface area contributed by atoms with Crippen LogP contribution in [0.4, 0.5) is 0 Å². The second kappa shape index (κ2) is 8.14. The van der Waals surface area contributed by atoms with Crippen molar-refractivity contribution in [3.05, 3.63) is 29.8 Å². The fraction of sp³-hybridized carbons (Fsp3) is 0.600. The minimum absolute atomic E-state index is 0. The van der Waals surface area contributed by atoms with E-state index in [4.69, 9.17) is 0 Å². The van der Waals surface area contributed by atoms with Crippen molar-refractivity contribution in [1.29, 1.82) is 0 Å². The van der Waals surface area contributed by atoms with Gasteiger partial charge in [0.15, 0.2) is 9.84 Å². The van der Waals surface area contributed by atoms with E-state index in [1.165, 1.54) is 12.1 Å². The van der Waals surface area contributed by atoms with Gasteiger partial charge in [0.1, 0.15) is 0 Å². The third-order valence-electron chi connectivity index (χ3n) is 4.16. The lowest BCUT2D eigenvalue weighted by molar-refractivity contribution is 0.232. The van der Waals surface area contributed by atoms with Gasteiger partial charge in [-0.15, -0.1) is 12.4 Å². The number of rotatable bonds is 6. The first kappa shape index (κ1) is 21.4. The smallest absolute Gasteiger partial charge is 0.240 e. The average Bonchev–Trinajstić information content (AvgIpc) is 2.45. The third kappa shape index (κ3) is 6.33. The summed E-state index contributed by atoms with van der Waals surface area (Å²) in [5, 5.41) is 3.27. The van der Waals surface area contributed by atoms with Crippen molar-refractivity contribution in [3.63, 3.8) is 0 Å². The summed E-state index contributed by atoms with van der Waals surface area (Å²) in [6, 6.07) is 5.99. The summed E-state index contributed by atoms with van der Waals surface area (Å²) in [5.74, 6) is -0.0914. The molecule has 0 amide bonds. The van der Waals surface area contributed by atoms with Crippen molar-refractivity contribution in [3.8, 4) is 0 Å². The molecule has 0 aromatic heterocycles. The molecule has 1 aliphatic rings. The molecule has 0 unspecified atom stereocenters. The van der Waals surface area contributed by atoms with Crippen molar-refractivity contribution in [1.82, 2.24) is 10.0 Å². The van der Waals surface area contributed by atoms with Crippen LogP contribution in [0.3, 0.4) is 0 Å². The molecule has 2 N–H and O–H groups in total. The molecule has 1 aromatic carbocycles. The number of halogens is 1. The number of hydrogen-bond acceptors (Lipinski definition) is 5. The van der Waals surface area contributed by atoms with Crippen molar-refractivity contribution >= 4 is 32.3 Å². The number of benzene rings is 1. The van der Waals surface area contributed by atoms with Crippen LogP contribution in [-0.4, -0.2) is 42.7 Å². The van der Waals surface area contributed by atoms with Gasteiger partial charge >= 0.3 is 0 Å². The van der Waals surface area contributed by atoms with E-state index in [9.17, 15) is 16.8 Å². The first-order valence-corrected chi connectivity index (χ1v) is 11.1. The summed E-state index contributed by atoms with van der Waals surface area (Å²) in [7, 11) is -6.71. The maximum absolute atomic E-state index is 12.4. The lowest BCUT2D eigenvalue weighted by Crippen LogP contribution is -2.42. The molecule has 1 aliphatic heterocycles. The highest BCUT2D eigenvalue weighted by Crippen LogP contribution is 2.27. The Hall–Kier alpha value is -0.670. The summed E-state index contributed by atoms with van der Waals surface area (Å²) >= 11 is 0. The van der Waals surface area contributed by atoms with Crippen molar-refractivity contribution in [2.24, 2.45) is 5.41 Å². The van der Waals surface area contributed by atoms with E-state index in [0.717, 1.165) is 32.2 Å².